The van der Waals surface area contributed by atoms with E-state index in [4.69, 9.17) is 6.42 Å². The summed E-state index contributed by atoms with van der Waals surface area (Å²) < 4.78 is 2.12. The van der Waals surface area contributed by atoms with Gasteiger partial charge in [0.05, 0.1) is 19.1 Å². The van der Waals surface area contributed by atoms with Crippen LogP contribution in [0.4, 0.5) is 0 Å². The van der Waals surface area contributed by atoms with Gasteiger partial charge >= 0.3 is 0 Å². The van der Waals surface area contributed by atoms with Gasteiger partial charge in [-0.15, -0.1) is 6.42 Å². The van der Waals surface area contributed by atoms with Crippen LogP contribution in [0.25, 0.3) is 0 Å². The van der Waals surface area contributed by atoms with Gasteiger partial charge in [0.25, 0.3) is 0 Å². The van der Waals surface area contributed by atoms with Crippen LogP contribution in [0.15, 0.2) is 18.3 Å². The van der Waals surface area contributed by atoms with Gasteiger partial charge in [-0.1, -0.05) is 18.8 Å². The molecular weight excluding hydrogens is 250 g/mol. The van der Waals surface area contributed by atoms with Crippen molar-refractivity contribution in [2.24, 2.45) is 7.05 Å². The molecule has 1 aromatic rings. The van der Waals surface area contributed by atoms with Crippen LogP contribution in [0.5, 0.6) is 0 Å². The lowest BCUT2D eigenvalue weighted by Crippen LogP contribution is -2.41. The van der Waals surface area contributed by atoms with E-state index in [1.807, 2.05) is 24.2 Å². The number of terminal acetylenes is 1. The molecular formula is C16H23N3O. The molecule has 20 heavy (non-hydrogen) atoms. The van der Waals surface area contributed by atoms with Crippen molar-refractivity contribution in [2.75, 3.05) is 19.6 Å². The monoisotopic (exact) mass is 273 g/mol. The highest BCUT2D eigenvalue weighted by atomic mass is 16.2. The minimum atomic E-state index is 0.147. The third-order valence-electron chi connectivity index (χ3n) is 3.90. The van der Waals surface area contributed by atoms with E-state index < -0.39 is 0 Å². The van der Waals surface area contributed by atoms with Gasteiger partial charge in [-0.05, 0) is 25.0 Å². The van der Waals surface area contributed by atoms with Crippen molar-refractivity contribution in [1.29, 1.82) is 0 Å². The van der Waals surface area contributed by atoms with Crippen molar-refractivity contribution in [1.82, 2.24) is 14.8 Å². The van der Waals surface area contributed by atoms with Crippen LogP contribution in [-0.4, -0.2) is 35.0 Å². The summed E-state index contributed by atoms with van der Waals surface area (Å²) in [7, 11) is 2.04. The molecule has 2 heterocycles. The molecule has 4 nitrogen and oxygen atoms in total. The first kappa shape index (κ1) is 14.7. The van der Waals surface area contributed by atoms with Crippen molar-refractivity contribution < 1.29 is 4.79 Å². The van der Waals surface area contributed by atoms with Gasteiger partial charge in [0.1, 0.15) is 0 Å². The third-order valence-corrected chi connectivity index (χ3v) is 3.90. The summed E-state index contributed by atoms with van der Waals surface area (Å²) in [5.74, 6) is 2.65. The second-order valence-electron chi connectivity index (χ2n) is 5.30. The first-order valence-corrected chi connectivity index (χ1v) is 7.29. The highest BCUT2D eigenvalue weighted by Gasteiger charge is 2.27. The maximum absolute atomic E-state index is 12.4. The quantitative estimate of drug-likeness (QED) is 0.669. The molecule has 1 aliphatic rings. The molecule has 1 fully saturated rings. The first-order valence-electron chi connectivity index (χ1n) is 7.29. The summed E-state index contributed by atoms with van der Waals surface area (Å²) in [5.41, 5.74) is 1.22. The first-order chi connectivity index (χ1) is 9.74. The summed E-state index contributed by atoms with van der Waals surface area (Å²) in [6.45, 7) is 1.60. The van der Waals surface area contributed by atoms with Gasteiger partial charge in [-0.3, -0.25) is 10.1 Å². The van der Waals surface area contributed by atoms with Crippen LogP contribution in [0, 0.1) is 12.3 Å². The predicted molar refractivity (Wildman–Crippen MR) is 80.0 cm³/mol. The topological polar surface area (TPSA) is 37.3 Å². The van der Waals surface area contributed by atoms with Crippen LogP contribution in [0.3, 0.4) is 0 Å². The van der Waals surface area contributed by atoms with E-state index in [1.165, 1.54) is 18.5 Å². The van der Waals surface area contributed by atoms with E-state index in [-0.39, 0.29) is 11.9 Å². The Balaban J connectivity index is 2.11. The molecule has 0 radical (unpaired) electrons. The zero-order chi connectivity index (χ0) is 14.4. The molecule has 1 saturated heterocycles. The van der Waals surface area contributed by atoms with Crippen molar-refractivity contribution in [2.45, 2.75) is 31.7 Å². The van der Waals surface area contributed by atoms with E-state index in [1.54, 1.807) is 0 Å². The Morgan fingerprint density at radius 1 is 1.50 bits per heavy atom. The number of likely N-dealkylation sites (tertiary alicyclic amines) is 1. The van der Waals surface area contributed by atoms with Crippen molar-refractivity contribution >= 4 is 5.91 Å². The highest BCUT2D eigenvalue weighted by Crippen LogP contribution is 2.30. The Bertz CT molecular complexity index is 486. The molecule has 4 heteroatoms. The van der Waals surface area contributed by atoms with Gasteiger partial charge in [-0.25, -0.2) is 0 Å². The Kier molecular flexibility index (Phi) is 5.25. The second-order valence-corrected chi connectivity index (χ2v) is 5.30. The van der Waals surface area contributed by atoms with Crippen molar-refractivity contribution in [3.8, 4) is 12.3 Å². The summed E-state index contributed by atoms with van der Waals surface area (Å²) in [6.07, 6.45) is 11.7. The van der Waals surface area contributed by atoms with Crippen LogP contribution in [0.2, 0.25) is 0 Å². The fourth-order valence-electron chi connectivity index (χ4n) is 2.88. The lowest BCUT2D eigenvalue weighted by Gasteiger charge is -2.30. The molecule has 1 aromatic heterocycles. The lowest BCUT2D eigenvalue weighted by molar-refractivity contribution is -0.132. The number of nitrogens with one attached hydrogen (secondary N) is 1. The number of carbonyl (C=O) groups excluding carboxylic acids is 1. The second kappa shape index (κ2) is 7.16. The molecule has 108 valence electrons. The van der Waals surface area contributed by atoms with E-state index in [0.29, 0.717) is 13.1 Å². The van der Waals surface area contributed by atoms with Crippen LogP contribution >= 0.6 is 0 Å². The average Bonchev–Trinajstić information content (AvgIpc) is 2.73. The molecule has 0 saturated carbocycles. The standard InChI is InChI=1S/C16H23N3O/c1-3-10-17-13-16(20)19-12-6-4-5-8-15(19)14-9-7-11-18(14)2/h1,7,9,11,15,17H,4-6,8,10,12-13H2,2H3. The zero-order valence-corrected chi connectivity index (χ0v) is 12.1. The predicted octanol–water partition coefficient (Wildman–Crippen LogP) is 1.69. The van der Waals surface area contributed by atoms with Gasteiger partial charge in [0, 0.05) is 25.5 Å². The minimum Gasteiger partial charge on any atom is -0.353 e. The maximum Gasteiger partial charge on any atom is 0.237 e. The molecule has 1 aliphatic heterocycles. The fourth-order valence-corrected chi connectivity index (χ4v) is 2.88. The van der Waals surface area contributed by atoms with Gasteiger partial charge < -0.3 is 9.47 Å². The largest absolute Gasteiger partial charge is 0.353 e. The molecule has 1 amide bonds. The maximum atomic E-state index is 12.4. The van der Waals surface area contributed by atoms with Crippen LogP contribution in [0.1, 0.15) is 37.4 Å². The summed E-state index contributed by atoms with van der Waals surface area (Å²) in [5, 5.41) is 3.00. The normalized spacial score (nSPS) is 19.4. The van der Waals surface area contributed by atoms with Crippen LogP contribution in [-0.2, 0) is 11.8 Å². The Morgan fingerprint density at radius 3 is 3.05 bits per heavy atom. The van der Waals surface area contributed by atoms with Gasteiger partial charge in [-0.2, -0.15) is 0 Å². The third kappa shape index (κ3) is 3.43. The van der Waals surface area contributed by atoms with E-state index in [0.717, 1.165) is 19.4 Å². The van der Waals surface area contributed by atoms with E-state index >= 15 is 0 Å². The van der Waals surface area contributed by atoms with Crippen molar-refractivity contribution in [3.05, 3.63) is 24.0 Å². The number of carbonyl (C=O) groups is 1. The number of hydrogen-bond donors (Lipinski definition) is 1. The number of aryl methyl sites for hydroxylation is 1. The Morgan fingerprint density at radius 2 is 2.35 bits per heavy atom. The van der Waals surface area contributed by atoms with Crippen LogP contribution < -0.4 is 5.32 Å². The highest BCUT2D eigenvalue weighted by molar-refractivity contribution is 5.78. The zero-order valence-electron chi connectivity index (χ0n) is 12.1. The summed E-state index contributed by atoms with van der Waals surface area (Å²) >= 11 is 0. The SMILES string of the molecule is C#CCNCC(=O)N1CCCCCC1c1cccn1C. The summed E-state index contributed by atoms with van der Waals surface area (Å²) in [6, 6.07) is 4.35. The molecule has 1 unspecified atom stereocenters. The Hall–Kier alpha value is -1.73. The van der Waals surface area contributed by atoms with Crippen molar-refractivity contribution in [3.63, 3.8) is 0 Å². The molecule has 0 spiro atoms. The molecule has 1 N–H and O–H groups in total. The van der Waals surface area contributed by atoms with Gasteiger partial charge in [0.15, 0.2) is 0 Å². The smallest absolute Gasteiger partial charge is 0.237 e. The van der Waals surface area contributed by atoms with Gasteiger partial charge in [0.2, 0.25) is 5.91 Å². The molecule has 2 rings (SSSR count). The van der Waals surface area contributed by atoms with E-state index in [9.17, 15) is 4.79 Å². The molecule has 0 aromatic carbocycles. The number of amides is 1. The molecule has 1 atom stereocenters. The van der Waals surface area contributed by atoms with E-state index in [2.05, 4.69) is 21.9 Å². The molecule has 0 bridgehead atoms. The number of aromatic nitrogens is 1. The number of rotatable bonds is 4. The average molecular weight is 273 g/mol. The fraction of sp³-hybridized carbons (Fsp3) is 0.562. The summed E-state index contributed by atoms with van der Waals surface area (Å²) in [4.78, 5) is 14.4. The Labute approximate surface area is 121 Å². The molecule has 0 aliphatic carbocycles. The lowest BCUT2D eigenvalue weighted by atomic mass is 10.1. The number of hydrogen-bond acceptors (Lipinski definition) is 2. The number of nitrogens with zero attached hydrogens (tertiary/aromatic N) is 2. The minimum absolute atomic E-state index is 0.147.